The number of benzene rings is 2. The van der Waals surface area contributed by atoms with E-state index in [2.05, 4.69) is 5.10 Å². The molecule has 1 amide bonds. The minimum atomic E-state index is -0.188. The Labute approximate surface area is 163 Å². The van der Waals surface area contributed by atoms with Gasteiger partial charge in [-0.2, -0.15) is 5.10 Å². The van der Waals surface area contributed by atoms with Gasteiger partial charge in [-0.15, -0.1) is 0 Å². The van der Waals surface area contributed by atoms with E-state index in [1.807, 2.05) is 55.5 Å². The number of hydrogen-bond acceptors (Lipinski definition) is 5. The van der Waals surface area contributed by atoms with Crippen LogP contribution in [0.5, 0.6) is 17.2 Å². The first-order valence-corrected chi connectivity index (χ1v) is 9.06. The maximum Gasteiger partial charge on any atom is 0.278 e. The molecular formula is C21H21N3O4. The topological polar surface area (TPSA) is 65.8 Å². The van der Waals surface area contributed by atoms with Crippen LogP contribution in [0.15, 0.2) is 54.7 Å². The number of hydrogen-bond donors (Lipinski definition) is 0. The summed E-state index contributed by atoms with van der Waals surface area (Å²) < 4.78 is 17.8. The summed E-state index contributed by atoms with van der Waals surface area (Å²) in [6.45, 7) is 3.14. The van der Waals surface area contributed by atoms with E-state index in [4.69, 9.17) is 14.2 Å². The van der Waals surface area contributed by atoms with Crippen LogP contribution in [0.25, 0.3) is 5.69 Å². The largest absolute Gasteiger partial charge is 0.493 e. The van der Waals surface area contributed by atoms with Crippen molar-refractivity contribution in [3.8, 4) is 22.9 Å². The minimum absolute atomic E-state index is 0.188. The third-order valence-electron chi connectivity index (χ3n) is 4.60. The zero-order chi connectivity index (χ0) is 19.5. The van der Waals surface area contributed by atoms with Crippen molar-refractivity contribution in [3.63, 3.8) is 0 Å². The lowest BCUT2D eigenvalue weighted by atomic mass is 10.2. The zero-order valence-electron chi connectivity index (χ0n) is 15.8. The van der Waals surface area contributed by atoms with E-state index in [9.17, 15) is 4.79 Å². The van der Waals surface area contributed by atoms with E-state index < -0.39 is 0 Å². The van der Waals surface area contributed by atoms with Crippen molar-refractivity contribution in [2.45, 2.75) is 13.5 Å². The van der Waals surface area contributed by atoms with Crippen LogP contribution in [0, 0.1) is 0 Å². The number of carbonyl (C=O) groups is 1. The average molecular weight is 379 g/mol. The molecule has 0 aliphatic carbocycles. The molecular weight excluding hydrogens is 358 g/mol. The van der Waals surface area contributed by atoms with Crippen LogP contribution in [0.2, 0.25) is 0 Å². The molecule has 0 N–H and O–H groups in total. The summed E-state index contributed by atoms with van der Waals surface area (Å²) in [6.07, 6.45) is 1.72. The summed E-state index contributed by atoms with van der Waals surface area (Å²) in [5, 5.41) is 4.48. The van der Waals surface area contributed by atoms with E-state index in [1.54, 1.807) is 15.8 Å². The van der Waals surface area contributed by atoms with Gasteiger partial charge in [-0.1, -0.05) is 24.3 Å². The number of para-hydroxylation sites is 1. The molecule has 1 aliphatic rings. The molecule has 3 aromatic rings. The molecule has 0 bridgehead atoms. The summed E-state index contributed by atoms with van der Waals surface area (Å²) in [6, 6.07) is 15.3. The van der Waals surface area contributed by atoms with Crippen LogP contribution >= 0.6 is 0 Å². The first-order valence-electron chi connectivity index (χ1n) is 9.06. The quantitative estimate of drug-likeness (QED) is 0.658. The van der Waals surface area contributed by atoms with Crippen molar-refractivity contribution >= 4 is 5.91 Å². The molecule has 2 heterocycles. The second kappa shape index (κ2) is 7.64. The Morgan fingerprint density at radius 1 is 1.18 bits per heavy atom. The van der Waals surface area contributed by atoms with Crippen LogP contribution in [0.3, 0.4) is 0 Å². The molecule has 0 atom stereocenters. The number of fused-ring (bicyclic) bond motifs is 1. The fourth-order valence-corrected chi connectivity index (χ4v) is 3.11. The maximum atomic E-state index is 13.2. The second-order valence-corrected chi connectivity index (χ2v) is 6.33. The highest BCUT2D eigenvalue weighted by Gasteiger charge is 2.24. The van der Waals surface area contributed by atoms with Crippen LogP contribution in [0.1, 0.15) is 23.0 Å². The normalized spacial score (nSPS) is 12.1. The monoisotopic (exact) mass is 379 g/mol. The summed E-state index contributed by atoms with van der Waals surface area (Å²) in [7, 11) is 1.54. The van der Waals surface area contributed by atoms with Crippen LogP contribution < -0.4 is 14.2 Å². The number of nitrogens with zero attached hydrogens (tertiary/aromatic N) is 3. The van der Waals surface area contributed by atoms with Crippen molar-refractivity contribution in [1.82, 2.24) is 14.7 Å². The minimum Gasteiger partial charge on any atom is -0.493 e. The highest BCUT2D eigenvalue weighted by atomic mass is 16.7. The van der Waals surface area contributed by atoms with Gasteiger partial charge in [-0.3, -0.25) is 4.79 Å². The molecule has 0 unspecified atom stereocenters. The third-order valence-corrected chi connectivity index (χ3v) is 4.60. The second-order valence-electron chi connectivity index (χ2n) is 6.33. The summed E-state index contributed by atoms with van der Waals surface area (Å²) in [5.41, 5.74) is 2.11. The van der Waals surface area contributed by atoms with E-state index in [0.717, 1.165) is 17.0 Å². The molecule has 2 aromatic carbocycles. The predicted molar refractivity (Wildman–Crippen MR) is 103 cm³/mol. The summed E-state index contributed by atoms with van der Waals surface area (Å²) in [4.78, 5) is 14.9. The Morgan fingerprint density at radius 3 is 2.71 bits per heavy atom. The summed E-state index contributed by atoms with van der Waals surface area (Å²) >= 11 is 0. The number of ether oxygens (including phenoxy) is 3. The summed E-state index contributed by atoms with van der Waals surface area (Å²) in [5.74, 6) is 1.68. The van der Waals surface area contributed by atoms with E-state index in [1.165, 1.54) is 7.11 Å². The molecule has 144 valence electrons. The molecule has 28 heavy (non-hydrogen) atoms. The first-order chi connectivity index (χ1) is 13.7. The molecule has 0 radical (unpaired) electrons. The molecule has 0 spiro atoms. The third kappa shape index (κ3) is 3.38. The number of amides is 1. The van der Waals surface area contributed by atoms with E-state index in [0.29, 0.717) is 24.6 Å². The van der Waals surface area contributed by atoms with Gasteiger partial charge in [-0.25, -0.2) is 4.68 Å². The van der Waals surface area contributed by atoms with Crippen LogP contribution in [-0.2, 0) is 6.54 Å². The lowest BCUT2D eigenvalue weighted by Gasteiger charge is -2.20. The maximum absolute atomic E-state index is 13.2. The fraction of sp³-hybridized carbons (Fsp3) is 0.238. The number of rotatable bonds is 6. The van der Waals surface area contributed by atoms with Gasteiger partial charge in [-0.05, 0) is 36.8 Å². The standard InChI is InChI=1S/C21H21N3O4/c1-3-23(12-15-9-10-17-18(11-15)28-14-27-17)21(25)20-19(26-2)13-24(22-20)16-7-5-4-6-8-16/h4-11,13H,3,12,14H2,1-2H3. The van der Waals surface area contributed by atoms with Gasteiger partial charge < -0.3 is 19.1 Å². The van der Waals surface area contributed by atoms with Gasteiger partial charge in [0, 0.05) is 13.1 Å². The smallest absolute Gasteiger partial charge is 0.278 e. The van der Waals surface area contributed by atoms with Crippen molar-refractivity contribution in [3.05, 3.63) is 66.0 Å². The van der Waals surface area contributed by atoms with E-state index >= 15 is 0 Å². The average Bonchev–Trinajstić information content (AvgIpc) is 3.38. The molecule has 1 aliphatic heterocycles. The van der Waals surface area contributed by atoms with Crippen LogP contribution in [-0.4, -0.2) is 41.0 Å². The molecule has 7 heteroatoms. The van der Waals surface area contributed by atoms with Crippen molar-refractivity contribution in [2.75, 3.05) is 20.4 Å². The van der Waals surface area contributed by atoms with Gasteiger partial charge in [0.15, 0.2) is 22.9 Å². The van der Waals surface area contributed by atoms with Gasteiger partial charge in [0.25, 0.3) is 5.91 Å². The first kappa shape index (κ1) is 17.9. The van der Waals surface area contributed by atoms with Crippen molar-refractivity contribution < 1.29 is 19.0 Å². The molecule has 1 aromatic heterocycles. The van der Waals surface area contributed by atoms with Crippen molar-refractivity contribution in [2.24, 2.45) is 0 Å². The Kier molecular flexibility index (Phi) is 4.89. The Morgan fingerprint density at radius 2 is 1.96 bits per heavy atom. The van der Waals surface area contributed by atoms with Crippen molar-refractivity contribution in [1.29, 1.82) is 0 Å². The lowest BCUT2D eigenvalue weighted by molar-refractivity contribution is 0.0742. The fourth-order valence-electron chi connectivity index (χ4n) is 3.11. The van der Waals surface area contributed by atoms with Crippen LogP contribution in [0.4, 0.5) is 0 Å². The molecule has 7 nitrogen and oxygen atoms in total. The number of methoxy groups -OCH3 is 1. The Bertz CT molecular complexity index is 985. The Balaban J connectivity index is 1.59. The molecule has 0 fully saturated rings. The van der Waals surface area contributed by atoms with Gasteiger partial charge in [0.1, 0.15) is 0 Å². The Hall–Kier alpha value is -3.48. The molecule has 4 rings (SSSR count). The number of carbonyl (C=O) groups excluding carboxylic acids is 1. The zero-order valence-corrected chi connectivity index (χ0v) is 15.8. The molecule has 0 saturated carbocycles. The van der Waals surface area contributed by atoms with E-state index in [-0.39, 0.29) is 18.4 Å². The molecule has 0 saturated heterocycles. The SMILES string of the molecule is CCN(Cc1ccc2c(c1)OCO2)C(=O)c1nn(-c2ccccc2)cc1OC. The van der Waals surface area contributed by atoms with Gasteiger partial charge in [0.2, 0.25) is 6.79 Å². The highest BCUT2D eigenvalue weighted by Crippen LogP contribution is 2.33. The van der Waals surface area contributed by atoms with Gasteiger partial charge in [0.05, 0.1) is 19.0 Å². The lowest BCUT2D eigenvalue weighted by Crippen LogP contribution is -2.31. The highest BCUT2D eigenvalue weighted by molar-refractivity contribution is 5.95. The number of aromatic nitrogens is 2. The van der Waals surface area contributed by atoms with Gasteiger partial charge >= 0.3 is 0 Å². The predicted octanol–water partition coefficient (Wildman–Crippen LogP) is 3.27.